The molecule has 1 aliphatic carbocycles. The number of nitrogens with one attached hydrogen (secondary N) is 3. The Bertz CT molecular complexity index is 506. The number of carbonyl (C=O) groups is 3. The molecule has 0 radical (unpaired) electrons. The number of hydrogen-bond donors (Lipinski definition) is 3. The van der Waals surface area contributed by atoms with Crippen LogP contribution in [0.2, 0.25) is 0 Å². The van der Waals surface area contributed by atoms with Crippen molar-refractivity contribution in [1.82, 2.24) is 5.32 Å². The second-order valence-corrected chi connectivity index (χ2v) is 4.48. The maximum atomic E-state index is 11.5. The zero-order valence-corrected chi connectivity index (χ0v) is 10.5. The van der Waals surface area contributed by atoms with Gasteiger partial charge in [-0.2, -0.15) is 0 Å². The molecule has 0 atom stereocenters. The summed E-state index contributed by atoms with van der Waals surface area (Å²) in [6, 6.07) is 6.09. The lowest BCUT2D eigenvalue weighted by atomic mass is 10.3. The number of benzene rings is 1. The van der Waals surface area contributed by atoms with E-state index in [1.165, 1.54) is 6.92 Å². The molecule has 1 aromatic rings. The number of amides is 4. The standard InChI is InChI=1S/C13H15N3O3/c1-8(17)14-10-4-6-11(7-5-10)15-13(19)16-12(18)9-2-3-9/h4-7,9H,2-3H2,1H3,(H,14,17)(H2,15,16,18,19). The van der Waals surface area contributed by atoms with E-state index in [1.807, 2.05) is 0 Å². The summed E-state index contributed by atoms with van der Waals surface area (Å²) in [6.07, 6.45) is 1.70. The summed E-state index contributed by atoms with van der Waals surface area (Å²) in [5.74, 6) is -0.395. The molecule has 0 aromatic heterocycles. The highest BCUT2D eigenvalue weighted by Crippen LogP contribution is 2.28. The number of anilines is 2. The molecule has 1 fully saturated rings. The van der Waals surface area contributed by atoms with Crippen LogP contribution in [0, 0.1) is 5.92 Å². The Labute approximate surface area is 110 Å². The van der Waals surface area contributed by atoms with E-state index in [4.69, 9.17) is 0 Å². The summed E-state index contributed by atoms with van der Waals surface area (Å²) < 4.78 is 0. The maximum absolute atomic E-state index is 11.5. The normalized spacial score (nSPS) is 13.5. The quantitative estimate of drug-likeness (QED) is 0.774. The van der Waals surface area contributed by atoms with Crippen molar-refractivity contribution in [3.8, 4) is 0 Å². The third-order valence-corrected chi connectivity index (χ3v) is 2.65. The first-order chi connectivity index (χ1) is 9.04. The summed E-state index contributed by atoms with van der Waals surface area (Å²) in [5.41, 5.74) is 1.20. The van der Waals surface area contributed by atoms with Gasteiger partial charge in [0.1, 0.15) is 0 Å². The van der Waals surface area contributed by atoms with Crippen LogP contribution in [0.25, 0.3) is 0 Å². The molecule has 1 aliphatic rings. The molecule has 6 heteroatoms. The van der Waals surface area contributed by atoms with Crippen LogP contribution < -0.4 is 16.0 Å². The van der Waals surface area contributed by atoms with Gasteiger partial charge in [0.25, 0.3) is 0 Å². The lowest BCUT2D eigenvalue weighted by Gasteiger charge is -2.07. The second-order valence-electron chi connectivity index (χ2n) is 4.48. The van der Waals surface area contributed by atoms with E-state index in [9.17, 15) is 14.4 Å². The lowest BCUT2D eigenvalue weighted by Crippen LogP contribution is -2.35. The van der Waals surface area contributed by atoms with Gasteiger partial charge in [-0.15, -0.1) is 0 Å². The molecule has 0 unspecified atom stereocenters. The highest BCUT2D eigenvalue weighted by molar-refractivity contribution is 6.02. The smallest absolute Gasteiger partial charge is 0.325 e. The fourth-order valence-corrected chi connectivity index (χ4v) is 1.56. The van der Waals surface area contributed by atoms with E-state index in [1.54, 1.807) is 24.3 Å². The molecule has 6 nitrogen and oxygen atoms in total. The van der Waals surface area contributed by atoms with Gasteiger partial charge < -0.3 is 10.6 Å². The summed E-state index contributed by atoms with van der Waals surface area (Å²) in [7, 11) is 0. The molecule has 0 bridgehead atoms. The average molecular weight is 261 g/mol. The minimum atomic E-state index is -0.538. The van der Waals surface area contributed by atoms with E-state index in [-0.39, 0.29) is 17.7 Å². The molecular formula is C13H15N3O3. The van der Waals surface area contributed by atoms with Crippen LogP contribution >= 0.6 is 0 Å². The highest BCUT2D eigenvalue weighted by Gasteiger charge is 2.30. The van der Waals surface area contributed by atoms with E-state index < -0.39 is 6.03 Å². The molecule has 1 saturated carbocycles. The lowest BCUT2D eigenvalue weighted by molar-refractivity contribution is -0.121. The molecule has 3 N–H and O–H groups in total. The fraction of sp³-hybridized carbons (Fsp3) is 0.308. The van der Waals surface area contributed by atoms with Crippen LogP contribution in [0.1, 0.15) is 19.8 Å². The first-order valence-corrected chi connectivity index (χ1v) is 6.04. The summed E-state index contributed by atoms with van der Waals surface area (Å²) >= 11 is 0. The number of carbonyl (C=O) groups excluding carboxylic acids is 3. The van der Waals surface area contributed by atoms with Crippen molar-refractivity contribution in [3.63, 3.8) is 0 Å². The molecule has 100 valence electrons. The van der Waals surface area contributed by atoms with Crippen LogP contribution in [0.5, 0.6) is 0 Å². The Balaban J connectivity index is 1.86. The molecule has 19 heavy (non-hydrogen) atoms. The first-order valence-electron chi connectivity index (χ1n) is 6.04. The Morgan fingerprint density at radius 2 is 1.53 bits per heavy atom. The summed E-state index contributed by atoms with van der Waals surface area (Å²) in [4.78, 5) is 33.7. The van der Waals surface area contributed by atoms with Crippen molar-refractivity contribution in [2.45, 2.75) is 19.8 Å². The molecule has 2 rings (SSSR count). The van der Waals surface area contributed by atoms with Crippen molar-refractivity contribution in [2.24, 2.45) is 5.92 Å². The zero-order chi connectivity index (χ0) is 13.8. The predicted octanol–water partition coefficient (Wildman–Crippen LogP) is 1.70. The van der Waals surface area contributed by atoms with Crippen LogP contribution in [-0.2, 0) is 9.59 Å². The van der Waals surface area contributed by atoms with Gasteiger partial charge in [0.15, 0.2) is 0 Å². The Morgan fingerprint density at radius 1 is 1.00 bits per heavy atom. The largest absolute Gasteiger partial charge is 0.326 e. The van der Waals surface area contributed by atoms with E-state index in [0.29, 0.717) is 11.4 Å². The van der Waals surface area contributed by atoms with E-state index in [0.717, 1.165) is 12.8 Å². The molecular weight excluding hydrogens is 246 g/mol. The van der Waals surface area contributed by atoms with Crippen LogP contribution in [0.3, 0.4) is 0 Å². The molecule has 4 amide bonds. The van der Waals surface area contributed by atoms with E-state index >= 15 is 0 Å². The van der Waals surface area contributed by atoms with Gasteiger partial charge >= 0.3 is 6.03 Å². The maximum Gasteiger partial charge on any atom is 0.325 e. The van der Waals surface area contributed by atoms with Crippen LogP contribution in [0.15, 0.2) is 24.3 Å². The van der Waals surface area contributed by atoms with Crippen molar-refractivity contribution < 1.29 is 14.4 Å². The SMILES string of the molecule is CC(=O)Nc1ccc(NC(=O)NC(=O)C2CC2)cc1. The Hall–Kier alpha value is -2.37. The molecule has 0 heterocycles. The second kappa shape index (κ2) is 5.51. The number of hydrogen-bond acceptors (Lipinski definition) is 3. The van der Waals surface area contributed by atoms with Crippen molar-refractivity contribution in [2.75, 3.05) is 10.6 Å². The van der Waals surface area contributed by atoms with Crippen LogP contribution in [0.4, 0.5) is 16.2 Å². The predicted molar refractivity (Wildman–Crippen MR) is 70.6 cm³/mol. The topological polar surface area (TPSA) is 87.3 Å². The minimum absolute atomic E-state index is 0.00658. The van der Waals surface area contributed by atoms with Gasteiger partial charge in [-0.25, -0.2) is 4.79 Å². The third kappa shape index (κ3) is 4.09. The Kier molecular flexibility index (Phi) is 3.79. The molecule has 1 aromatic carbocycles. The highest BCUT2D eigenvalue weighted by atomic mass is 16.2. The van der Waals surface area contributed by atoms with Gasteiger partial charge in [-0.05, 0) is 37.1 Å². The van der Waals surface area contributed by atoms with Gasteiger partial charge in [0, 0.05) is 24.2 Å². The zero-order valence-electron chi connectivity index (χ0n) is 10.5. The van der Waals surface area contributed by atoms with Crippen molar-refractivity contribution in [1.29, 1.82) is 0 Å². The van der Waals surface area contributed by atoms with Gasteiger partial charge in [-0.1, -0.05) is 0 Å². The van der Waals surface area contributed by atoms with Crippen LogP contribution in [-0.4, -0.2) is 17.8 Å². The van der Waals surface area contributed by atoms with E-state index in [2.05, 4.69) is 16.0 Å². The van der Waals surface area contributed by atoms with Gasteiger partial charge in [0.2, 0.25) is 11.8 Å². The minimum Gasteiger partial charge on any atom is -0.326 e. The van der Waals surface area contributed by atoms with Crippen molar-refractivity contribution in [3.05, 3.63) is 24.3 Å². The summed E-state index contributed by atoms with van der Waals surface area (Å²) in [5, 5.41) is 7.45. The first kappa shape index (κ1) is 13.1. The van der Waals surface area contributed by atoms with Gasteiger partial charge in [0.05, 0.1) is 0 Å². The molecule has 0 spiro atoms. The summed E-state index contributed by atoms with van der Waals surface area (Å²) in [6.45, 7) is 1.42. The Morgan fingerprint density at radius 3 is 2.00 bits per heavy atom. The number of urea groups is 1. The molecule has 0 aliphatic heterocycles. The number of rotatable bonds is 3. The monoisotopic (exact) mass is 261 g/mol. The fourth-order valence-electron chi connectivity index (χ4n) is 1.56. The molecule has 0 saturated heterocycles. The van der Waals surface area contributed by atoms with Gasteiger partial charge in [-0.3, -0.25) is 14.9 Å². The number of imide groups is 1. The van der Waals surface area contributed by atoms with Crippen molar-refractivity contribution >= 4 is 29.2 Å². The average Bonchev–Trinajstić information content (AvgIpc) is 3.14. The third-order valence-electron chi connectivity index (χ3n) is 2.65.